The molecule has 0 N–H and O–H groups in total. The fraction of sp³-hybridized carbons (Fsp3) is 0.357. The SMILES string of the molecule is c1ccc(-c2cnn(CC3CCCO3)c2)cc1. The van der Waals surface area contributed by atoms with Crippen molar-refractivity contribution in [3.8, 4) is 11.1 Å². The Kier molecular flexibility index (Phi) is 2.92. The quantitative estimate of drug-likeness (QED) is 0.807. The Bertz CT molecular complexity index is 472. The molecule has 1 fully saturated rings. The zero-order valence-electron chi connectivity index (χ0n) is 9.75. The van der Waals surface area contributed by atoms with Gasteiger partial charge < -0.3 is 4.74 Å². The van der Waals surface area contributed by atoms with Crippen molar-refractivity contribution in [2.75, 3.05) is 6.61 Å². The van der Waals surface area contributed by atoms with Crippen molar-refractivity contribution in [2.45, 2.75) is 25.5 Å². The van der Waals surface area contributed by atoms with Gasteiger partial charge in [-0.15, -0.1) is 0 Å². The highest BCUT2D eigenvalue weighted by atomic mass is 16.5. The van der Waals surface area contributed by atoms with Crippen LogP contribution in [0.4, 0.5) is 0 Å². The minimum absolute atomic E-state index is 0.346. The summed E-state index contributed by atoms with van der Waals surface area (Å²) in [6, 6.07) is 10.3. The Morgan fingerprint density at radius 3 is 2.88 bits per heavy atom. The second-order valence-electron chi connectivity index (χ2n) is 4.45. The van der Waals surface area contributed by atoms with Crippen molar-refractivity contribution in [3.05, 3.63) is 42.7 Å². The number of rotatable bonds is 3. The Hall–Kier alpha value is -1.61. The molecule has 1 aromatic heterocycles. The second-order valence-corrected chi connectivity index (χ2v) is 4.45. The number of benzene rings is 1. The molecule has 0 saturated carbocycles. The minimum atomic E-state index is 0.346. The molecule has 0 spiro atoms. The highest BCUT2D eigenvalue weighted by Crippen LogP contribution is 2.19. The van der Waals surface area contributed by atoms with E-state index < -0.39 is 0 Å². The summed E-state index contributed by atoms with van der Waals surface area (Å²) < 4.78 is 7.60. The van der Waals surface area contributed by atoms with E-state index in [0.717, 1.165) is 19.6 Å². The first-order valence-corrected chi connectivity index (χ1v) is 6.11. The minimum Gasteiger partial charge on any atom is -0.376 e. The van der Waals surface area contributed by atoms with E-state index in [1.165, 1.54) is 17.5 Å². The van der Waals surface area contributed by atoms with Crippen LogP contribution in [-0.4, -0.2) is 22.5 Å². The number of hydrogen-bond acceptors (Lipinski definition) is 2. The van der Waals surface area contributed by atoms with Crippen LogP contribution in [-0.2, 0) is 11.3 Å². The summed E-state index contributed by atoms with van der Waals surface area (Å²) in [6.45, 7) is 1.77. The third-order valence-electron chi connectivity index (χ3n) is 3.16. The van der Waals surface area contributed by atoms with E-state index in [0.29, 0.717) is 6.10 Å². The Morgan fingerprint density at radius 1 is 1.24 bits per heavy atom. The van der Waals surface area contributed by atoms with Crippen LogP contribution < -0.4 is 0 Å². The Labute approximate surface area is 101 Å². The molecule has 3 nitrogen and oxygen atoms in total. The van der Waals surface area contributed by atoms with Gasteiger partial charge in [-0.1, -0.05) is 30.3 Å². The summed E-state index contributed by atoms with van der Waals surface area (Å²) in [4.78, 5) is 0. The second kappa shape index (κ2) is 4.72. The van der Waals surface area contributed by atoms with Crippen molar-refractivity contribution in [3.63, 3.8) is 0 Å². The average Bonchev–Trinajstić information content (AvgIpc) is 3.02. The number of aromatic nitrogens is 2. The van der Waals surface area contributed by atoms with Gasteiger partial charge in [-0.05, 0) is 18.4 Å². The zero-order valence-corrected chi connectivity index (χ0v) is 9.75. The summed E-state index contributed by atoms with van der Waals surface area (Å²) in [5.74, 6) is 0. The highest BCUT2D eigenvalue weighted by Gasteiger charge is 2.16. The van der Waals surface area contributed by atoms with E-state index >= 15 is 0 Å². The molecular weight excluding hydrogens is 212 g/mol. The molecule has 88 valence electrons. The number of ether oxygens (including phenoxy) is 1. The first kappa shape index (κ1) is 10.5. The lowest BCUT2D eigenvalue weighted by molar-refractivity contribution is 0.0940. The van der Waals surface area contributed by atoms with E-state index in [4.69, 9.17) is 4.74 Å². The van der Waals surface area contributed by atoms with Crippen LogP contribution in [0.25, 0.3) is 11.1 Å². The van der Waals surface area contributed by atoms with Crippen LogP contribution in [0.3, 0.4) is 0 Å². The summed E-state index contributed by atoms with van der Waals surface area (Å²) >= 11 is 0. The van der Waals surface area contributed by atoms with Crippen LogP contribution >= 0.6 is 0 Å². The van der Waals surface area contributed by atoms with E-state index in [9.17, 15) is 0 Å². The fourth-order valence-corrected chi connectivity index (χ4v) is 2.24. The first-order chi connectivity index (χ1) is 8.42. The fourth-order valence-electron chi connectivity index (χ4n) is 2.24. The molecule has 0 radical (unpaired) electrons. The summed E-state index contributed by atoms with van der Waals surface area (Å²) in [6.07, 6.45) is 6.69. The smallest absolute Gasteiger partial charge is 0.0771 e. The normalized spacial score (nSPS) is 19.6. The molecule has 3 rings (SSSR count). The molecule has 1 atom stereocenters. The van der Waals surface area contributed by atoms with E-state index in [2.05, 4.69) is 23.4 Å². The summed E-state index contributed by atoms with van der Waals surface area (Å²) in [7, 11) is 0. The van der Waals surface area contributed by atoms with Crippen LogP contribution in [0.1, 0.15) is 12.8 Å². The Morgan fingerprint density at radius 2 is 2.12 bits per heavy atom. The monoisotopic (exact) mass is 228 g/mol. The van der Waals surface area contributed by atoms with Crippen LogP contribution in [0, 0.1) is 0 Å². The lowest BCUT2D eigenvalue weighted by Gasteiger charge is -2.08. The van der Waals surface area contributed by atoms with Gasteiger partial charge in [-0.3, -0.25) is 4.68 Å². The molecule has 1 aliphatic heterocycles. The van der Waals surface area contributed by atoms with Gasteiger partial charge in [-0.25, -0.2) is 0 Å². The predicted molar refractivity (Wildman–Crippen MR) is 66.6 cm³/mol. The van der Waals surface area contributed by atoms with Gasteiger partial charge in [0.1, 0.15) is 0 Å². The van der Waals surface area contributed by atoms with Gasteiger partial charge >= 0.3 is 0 Å². The molecule has 17 heavy (non-hydrogen) atoms. The van der Waals surface area contributed by atoms with Crippen molar-refractivity contribution in [1.82, 2.24) is 9.78 Å². The molecule has 0 aliphatic carbocycles. The molecule has 1 saturated heterocycles. The molecule has 1 aliphatic rings. The van der Waals surface area contributed by atoms with Gasteiger partial charge in [-0.2, -0.15) is 5.10 Å². The van der Waals surface area contributed by atoms with Crippen molar-refractivity contribution < 1.29 is 4.74 Å². The van der Waals surface area contributed by atoms with Gasteiger partial charge in [0.15, 0.2) is 0 Å². The van der Waals surface area contributed by atoms with Crippen molar-refractivity contribution >= 4 is 0 Å². The number of hydrogen-bond donors (Lipinski definition) is 0. The van der Waals surface area contributed by atoms with Gasteiger partial charge in [0.2, 0.25) is 0 Å². The first-order valence-electron chi connectivity index (χ1n) is 6.11. The lowest BCUT2D eigenvalue weighted by atomic mass is 10.1. The molecule has 2 heterocycles. The third kappa shape index (κ3) is 2.39. The highest BCUT2D eigenvalue weighted by molar-refractivity contribution is 5.61. The zero-order chi connectivity index (χ0) is 11.5. The topological polar surface area (TPSA) is 27.1 Å². The maximum absolute atomic E-state index is 5.61. The molecule has 2 aromatic rings. The van der Waals surface area contributed by atoms with Gasteiger partial charge in [0.25, 0.3) is 0 Å². The van der Waals surface area contributed by atoms with E-state index in [1.54, 1.807) is 0 Å². The summed E-state index contributed by atoms with van der Waals surface area (Å²) in [5, 5.41) is 4.39. The molecule has 0 bridgehead atoms. The van der Waals surface area contributed by atoms with Crippen LogP contribution in [0.2, 0.25) is 0 Å². The maximum Gasteiger partial charge on any atom is 0.0771 e. The standard InChI is InChI=1S/C14H16N2O/c1-2-5-12(6-3-1)13-9-15-16(10-13)11-14-7-4-8-17-14/h1-3,5-6,9-10,14H,4,7-8,11H2. The lowest BCUT2D eigenvalue weighted by Crippen LogP contribution is -2.14. The molecule has 3 heteroatoms. The van der Waals surface area contributed by atoms with E-state index in [-0.39, 0.29) is 0 Å². The molecular formula is C14H16N2O. The largest absolute Gasteiger partial charge is 0.376 e. The third-order valence-corrected chi connectivity index (χ3v) is 3.16. The van der Waals surface area contributed by atoms with Crippen molar-refractivity contribution in [2.24, 2.45) is 0 Å². The predicted octanol–water partition coefficient (Wildman–Crippen LogP) is 2.73. The maximum atomic E-state index is 5.61. The van der Waals surface area contributed by atoms with Crippen LogP contribution in [0.15, 0.2) is 42.7 Å². The molecule has 1 unspecified atom stereocenters. The number of nitrogens with zero attached hydrogens (tertiary/aromatic N) is 2. The Balaban J connectivity index is 1.74. The van der Waals surface area contributed by atoms with Gasteiger partial charge in [0, 0.05) is 18.4 Å². The molecule has 1 aromatic carbocycles. The van der Waals surface area contributed by atoms with Gasteiger partial charge in [0.05, 0.1) is 18.8 Å². The van der Waals surface area contributed by atoms with E-state index in [1.807, 2.05) is 29.1 Å². The molecule has 0 amide bonds. The van der Waals surface area contributed by atoms with Crippen LogP contribution in [0.5, 0.6) is 0 Å². The van der Waals surface area contributed by atoms with Crippen molar-refractivity contribution in [1.29, 1.82) is 0 Å². The average molecular weight is 228 g/mol. The summed E-state index contributed by atoms with van der Waals surface area (Å²) in [5.41, 5.74) is 2.38.